The molecule has 0 bridgehead atoms. The Labute approximate surface area is 165 Å². The summed E-state index contributed by atoms with van der Waals surface area (Å²) in [7, 11) is 0. The molecule has 1 aliphatic carbocycles. The zero-order valence-electron chi connectivity index (χ0n) is 15.1. The van der Waals surface area contributed by atoms with Crippen LogP contribution in [-0.4, -0.2) is 67.6 Å². The highest BCUT2D eigenvalue weighted by atomic mass is 16.7. The van der Waals surface area contributed by atoms with Gasteiger partial charge in [0, 0.05) is 11.1 Å². The van der Waals surface area contributed by atoms with Gasteiger partial charge in [0.2, 0.25) is 5.78 Å². The molecule has 5 atom stereocenters. The summed E-state index contributed by atoms with van der Waals surface area (Å²) in [5.41, 5.74) is 0.642. The minimum Gasteiger partial charge on any atom is -0.507 e. The number of fused-ring (bicyclic) bond motifs is 2. The van der Waals surface area contributed by atoms with Crippen LogP contribution in [0, 0.1) is 0 Å². The number of carbonyl (C=O) groups excluding carboxylic acids is 1. The number of rotatable bonds is 3. The number of phenolic OH excluding ortho intramolecular Hbond substituents is 2. The van der Waals surface area contributed by atoms with Crippen molar-refractivity contribution in [3.8, 4) is 11.5 Å². The third-order valence-electron chi connectivity index (χ3n) is 5.21. The number of ketones is 1. The van der Waals surface area contributed by atoms with Gasteiger partial charge in [0.25, 0.3) is 0 Å². The first-order valence-electron chi connectivity index (χ1n) is 8.98. The minimum absolute atomic E-state index is 0.0667. The van der Waals surface area contributed by atoms with Crippen molar-refractivity contribution in [1.82, 2.24) is 0 Å². The van der Waals surface area contributed by atoms with Crippen molar-refractivity contribution < 1.29 is 44.9 Å². The van der Waals surface area contributed by atoms with Crippen molar-refractivity contribution >= 4 is 5.78 Å². The van der Waals surface area contributed by atoms with E-state index in [-0.39, 0.29) is 40.4 Å². The smallest absolute Gasteiger partial charge is 0.201 e. The van der Waals surface area contributed by atoms with Crippen molar-refractivity contribution in [2.75, 3.05) is 6.61 Å². The third kappa shape index (κ3) is 3.18. The van der Waals surface area contributed by atoms with E-state index in [2.05, 4.69) is 0 Å². The van der Waals surface area contributed by atoms with Gasteiger partial charge in [0.15, 0.2) is 6.29 Å². The van der Waals surface area contributed by atoms with Crippen molar-refractivity contribution in [1.29, 1.82) is 0 Å². The Hall–Kier alpha value is -2.53. The second-order valence-electron chi connectivity index (χ2n) is 7.07. The van der Waals surface area contributed by atoms with Crippen molar-refractivity contribution in [3.05, 3.63) is 58.1 Å². The van der Waals surface area contributed by atoms with Gasteiger partial charge in [0.1, 0.15) is 35.9 Å². The van der Waals surface area contributed by atoms with Crippen LogP contribution in [0.1, 0.15) is 38.7 Å². The maximum absolute atomic E-state index is 13.0. The zero-order valence-corrected chi connectivity index (χ0v) is 15.1. The number of aliphatic hydroxyl groups is 4. The van der Waals surface area contributed by atoms with E-state index in [1.165, 1.54) is 24.3 Å². The van der Waals surface area contributed by atoms with Gasteiger partial charge in [-0.1, -0.05) is 12.1 Å². The summed E-state index contributed by atoms with van der Waals surface area (Å²) < 4.78 is 11.2. The molecule has 4 rings (SSSR count). The highest BCUT2D eigenvalue weighted by molar-refractivity contribution is 6.15. The monoisotopic (exact) mass is 404 g/mol. The fourth-order valence-corrected chi connectivity index (χ4v) is 3.75. The number of aliphatic hydroxyl groups excluding tert-OH is 4. The highest BCUT2D eigenvalue weighted by Gasteiger charge is 2.43. The first-order valence-corrected chi connectivity index (χ1v) is 8.98. The van der Waals surface area contributed by atoms with Gasteiger partial charge < -0.3 is 40.1 Å². The number of carbonyl (C=O) groups is 1. The van der Waals surface area contributed by atoms with E-state index < -0.39 is 43.1 Å². The van der Waals surface area contributed by atoms with Crippen LogP contribution in [0.4, 0.5) is 0 Å². The molecule has 9 heteroatoms. The van der Waals surface area contributed by atoms with E-state index in [0.717, 1.165) is 0 Å². The van der Waals surface area contributed by atoms with Gasteiger partial charge in [-0.05, 0) is 23.8 Å². The largest absolute Gasteiger partial charge is 0.507 e. The number of phenols is 2. The molecule has 29 heavy (non-hydrogen) atoms. The SMILES string of the molecule is O=C1c2c(O)cccc2C(O[C@H]2OC[C@@H](O)[C@@H](O)[C@@H]2O)c2cc(CO)cc(O)c21. The Morgan fingerprint density at radius 1 is 1.00 bits per heavy atom. The second kappa shape index (κ2) is 7.38. The lowest BCUT2D eigenvalue weighted by Crippen LogP contribution is -2.54. The molecule has 0 aromatic heterocycles. The number of ether oxygens (including phenoxy) is 2. The Bertz CT molecular complexity index is 957. The van der Waals surface area contributed by atoms with E-state index in [9.17, 15) is 35.4 Å². The van der Waals surface area contributed by atoms with Crippen molar-refractivity contribution in [2.45, 2.75) is 37.3 Å². The molecule has 2 aliphatic rings. The fraction of sp³-hybridized carbons (Fsp3) is 0.350. The molecule has 0 spiro atoms. The standard InChI is InChI=1S/C20H20O9/c21-6-8-4-10-15(12(23)5-8)17(26)14-9(2-1-3-11(14)22)19(10)29-20-18(27)16(25)13(24)7-28-20/h1-5,13,16,18-25,27H,6-7H2/t13-,16-,18+,19?,20-/m1/s1. The molecule has 1 heterocycles. The van der Waals surface area contributed by atoms with E-state index in [1.807, 2.05) is 0 Å². The zero-order chi connectivity index (χ0) is 20.9. The fourth-order valence-electron chi connectivity index (χ4n) is 3.75. The summed E-state index contributed by atoms with van der Waals surface area (Å²) in [6.07, 6.45) is -6.78. The quantitative estimate of drug-likeness (QED) is 0.403. The average Bonchev–Trinajstić information content (AvgIpc) is 2.70. The van der Waals surface area contributed by atoms with E-state index in [0.29, 0.717) is 5.56 Å². The van der Waals surface area contributed by atoms with Crippen LogP contribution in [0.3, 0.4) is 0 Å². The van der Waals surface area contributed by atoms with Gasteiger partial charge in [-0.25, -0.2) is 0 Å². The summed E-state index contributed by atoms with van der Waals surface area (Å²) in [4.78, 5) is 13.0. The molecular formula is C20H20O9. The molecule has 6 N–H and O–H groups in total. The molecule has 1 unspecified atom stereocenters. The molecule has 2 aromatic rings. The normalized spacial score (nSPS) is 28.7. The number of aromatic hydroxyl groups is 2. The highest BCUT2D eigenvalue weighted by Crippen LogP contribution is 2.45. The number of benzene rings is 2. The minimum atomic E-state index is -1.57. The predicted molar refractivity (Wildman–Crippen MR) is 96.3 cm³/mol. The molecule has 1 saturated heterocycles. The molecule has 0 radical (unpaired) electrons. The average molecular weight is 404 g/mol. The maximum Gasteiger partial charge on any atom is 0.201 e. The molecule has 0 saturated carbocycles. The molecule has 9 nitrogen and oxygen atoms in total. The lowest BCUT2D eigenvalue weighted by molar-refractivity contribution is -0.279. The van der Waals surface area contributed by atoms with Crippen LogP contribution in [0.5, 0.6) is 11.5 Å². The first-order chi connectivity index (χ1) is 13.8. The summed E-state index contributed by atoms with van der Waals surface area (Å²) in [5.74, 6) is -1.31. The van der Waals surface area contributed by atoms with E-state index >= 15 is 0 Å². The molecule has 0 amide bonds. The van der Waals surface area contributed by atoms with Gasteiger partial charge in [-0.2, -0.15) is 0 Å². The molecule has 154 valence electrons. The van der Waals surface area contributed by atoms with Gasteiger partial charge in [-0.15, -0.1) is 0 Å². The van der Waals surface area contributed by atoms with Gasteiger partial charge >= 0.3 is 0 Å². The summed E-state index contributed by atoms with van der Waals surface area (Å²) >= 11 is 0. The summed E-state index contributed by atoms with van der Waals surface area (Å²) in [5, 5.41) is 59.9. The number of hydrogen-bond acceptors (Lipinski definition) is 9. The molecular weight excluding hydrogens is 384 g/mol. The Morgan fingerprint density at radius 3 is 2.45 bits per heavy atom. The molecule has 1 aliphatic heterocycles. The van der Waals surface area contributed by atoms with Gasteiger partial charge in [0.05, 0.1) is 24.3 Å². The maximum atomic E-state index is 13.0. The molecule has 1 fully saturated rings. The Balaban J connectivity index is 1.83. The third-order valence-corrected chi connectivity index (χ3v) is 5.21. The van der Waals surface area contributed by atoms with Crippen LogP contribution in [0.15, 0.2) is 30.3 Å². The van der Waals surface area contributed by atoms with Crippen molar-refractivity contribution in [2.24, 2.45) is 0 Å². The van der Waals surface area contributed by atoms with Crippen LogP contribution in [0.25, 0.3) is 0 Å². The summed E-state index contributed by atoms with van der Waals surface area (Å²) in [6, 6.07) is 7.10. The van der Waals surface area contributed by atoms with Gasteiger partial charge in [-0.3, -0.25) is 4.79 Å². The Kier molecular flexibility index (Phi) is 5.03. The van der Waals surface area contributed by atoms with E-state index in [1.54, 1.807) is 6.07 Å². The Morgan fingerprint density at radius 2 is 1.72 bits per heavy atom. The topological polar surface area (TPSA) is 157 Å². The van der Waals surface area contributed by atoms with Crippen LogP contribution >= 0.6 is 0 Å². The van der Waals surface area contributed by atoms with E-state index in [4.69, 9.17) is 9.47 Å². The number of hydrogen-bond donors (Lipinski definition) is 6. The second-order valence-corrected chi connectivity index (χ2v) is 7.07. The lowest BCUT2D eigenvalue weighted by atomic mass is 9.81. The van der Waals surface area contributed by atoms with Crippen molar-refractivity contribution in [3.63, 3.8) is 0 Å². The van der Waals surface area contributed by atoms with Crippen LogP contribution < -0.4 is 0 Å². The summed E-state index contributed by atoms with van der Waals surface area (Å²) in [6.45, 7) is -0.682. The molecule has 2 aromatic carbocycles. The van der Waals surface area contributed by atoms with Crippen LogP contribution in [0.2, 0.25) is 0 Å². The van der Waals surface area contributed by atoms with Crippen LogP contribution in [-0.2, 0) is 16.1 Å². The lowest BCUT2D eigenvalue weighted by Gasteiger charge is -2.38. The predicted octanol–water partition coefficient (Wildman–Crippen LogP) is -0.320. The first kappa shape index (κ1) is 19.8.